The number of carbonyl (C=O) groups is 2. The summed E-state index contributed by atoms with van der Waals surface area (Å²) in [5.41, 5.74) is 1.52. The molecule has 2 saturated heterocycles. The van der Waals surface area contributed by atoms with Crippen molar-refractivity contribution in [2.45, 2.75) is 6.54 Å². The lowest BCUT2D eigenvalue weighted by Gasteiger charge is -2.35. The highest BCUT2D eigenvalue weighted by Crippen LogP contribution is 2.26. The second-order valence-corrected chi connectivity index (χ2v) is 8.13. The largest absolute Gasteiger partial charge is 0.374 e. The number of anilines is 1. The van der Waals surface area contributed by atoms with Gasteiger partial charge in [-0.15, -0.1) is 0 Å². The van der Waals surface area contributed by atoms with Crippen molar-refractivity contribution in [3.05, 3.63) is 76.7 Å². The van der Waals surface area contributed by atoms with Gasteiger partial charge < -0.3 is 4.90 Å². The van der Waals surface area contributed by atoms with E-state index in [0.717, 1.165) is 30.6 Å². The average Bonchev–Trinajstić information content (AvgIpc) is 2.75. The van der Waals surface area contributed by atoms with E-state index in [0.29, 0.717) is 18.8 Å². The van der Waals surface area contributed by atoms with Gasteiger partial charge in [0.25, 0.3) is 11.8 Å². The van der Waals surface area contributed by atoms with Gasteiger partial charge in [0.1, 0.15) is 11.4 Å². The van der Waals surface area contributed by atoms with E-state index < -0.39 is 17.6 Å². The maximum atomic E-state index is 13.5. The fraction of sp³-hybridized carbons (Fsp3) is 0.227. The summed E-state index contributed by atoms with van der Waals surface area (Å²) in [5.74, 6) is -1.72. The van der Waals surface area contributed by atoms with Gasteiger partial charge in [-0.1, -0.05) is 41.9 Å². The number of nitrogens with one attached hydrogen (secondary N) is 1. The van der Waals surface area contributed by atoms with Gasteiger partial charge in [-0.05, 0) is 36.0 Å². The van der Waals surface area contributed by atoms with Crippen LogP contribution >= 0.6 is 23.8 Å². The Labute approximate surface area is 189 Å². The fourth-order valence-corrected chi connectivity index (χ4v) is 4.03. The van der Waals surface area contributed by atoms with E-state index in [2.05, 4.69) is 22.3 Å². The van der Waals surface area contributed by atoms with Crippen molar-refractivity contribution in [1.82, 2.24) is 15.1 Å². The van der Waals surface area contributed by atoms with Crippen LogP contribution in [0.3, 0.4) is 0 Å². The summed E-state index contributed by atoms with van der Waals surface area (Å²) in [5, 5.41) is 2.33. The molecule has 160 valence electrons. The van der Waals surface area contributed by atoms with Crippen LogP contribution in [-0.4, -0.2) is 52.9 Å². The lowest BCUT2D eigenvalue weighted by Crippen LogP contribution is -2.55. The van der Waals surface area contributed by atoms with E-state index in [9.17, 15) is 14.0 Å². The van der Waals surface area contributed by atoms with E-state index in [1.54, 1.807) is 6.20 Å². The first kappa shape index (κ1) is 21.4. The molecule has 0 unspecified atom stereocenters. The van der Waals surface area contributed by atoms with Crippen LogP contribution in [0.4, 0.5) is 10.1 Å². The molecule has 0 saturated carbocycles. The minimum Gasteiger partial charge on any atom is -0.374 e. The minimum absolute atomic E-state index is 0.0226. The first-order chi connectivity index (χ1) is 14.9. The Morgan fingerprint density at radius 2 is 1.77 bits per heavy atom. The lowest BCUT2D eigenvalue weighted by molar-refractivity contribution is -0.122. The summed E-state index contributed by atoms with van der Waals surface area (Å²) in [6.07, 6.45) is 1.58. The number of amides is 2. The molecule has 4 rings (SSSR count). The summed E-state index contributed by atoms with van der Waals surface area (Å²) < 4.78 is 13.5. The molecule has 0 radical (unpaired) electrons. The van der Waals surface area contributed by atoms with E-state index in [1.165, 1.54) is 17.7 Å². The number of carbonyl (C=O) groups excluding carboxylic acids is 2. The molecule has 0 aliphatic carbocycles. The second kappa shape index (κ2) is 9.13. The second-order valence-electron chi connectivity index (χ2n) is 7.34. The number of hydrogen-bond acceptors (Lipinski definition) is 5. The van der Waals surface area contributed by atoms with Gasteiger partial charge in [-0.3, -0.25) is 24.7 Å². The highest BCUT2D eigenvalue weighted by molar-refractivity contribution is 7.80. The van der Waals surface area contributed by atoms with Crippen molar-refractivity contribution in [2.24, 2.45) is 0 Å². The zero-order valence-electron chi connectivity index (χ0n) is 16.6. The predicted octanol–water partition coefficient (Wildman–Crippen LogP) is 2.93. The molecule has 1 N–H and O–H groups in total. The maximum Gasteiger partial charge on any atom is 0.271 e. The topological polar surface area (TPSA) is 55.9 Å². The highest BCUT2D eigenvalue weighted by Gasteiger charge is 2.35. The zero-order chi connectivity index (χ0) is 22.0. The van der Waals surface area contributed by atoms with Gasteiger partial charge in [0.2, 0.25) is 0 Å². The molecule has 2 aliphatic rings. The number of rotatable bonds is 4. The Kier molecular flexibility index (Phi) is 6.31. The third-order valence-electron chi connectivity index (χ3n) is 5.23. The SMILES string of the molecule is O=C1NC(=S)N(c2ccc(F)c(Cl)c2)C(=O)/C1=C\N1CCN(Cc2ccccc2)CC1. The Morgan fingerprint density at radius 1 is 1.06 bits per heavy atom. The van der Waals surface area contributed by atoms with Crippen LogP contribution in [0.1, 0.15) is 5.56 Å². The summed E-state index contributed by atoms with van der Waals surface area (Å²) in [4.78, 5) is 30.9. The maximum absolute atomic E-state index is 13.5. The number of nitrogens with zero attached hydrogens (tertiary/aromatic N) is 3. The molecule has 2 aromatic rings. The lowest BCUT2D eigenvalue weighted by atomic mass is 10.1. The molecule has 2 amide bonds. The quantitative estimate of drug-likeness (QED) is 0.434. The summed E-state index contributed by atoms with van der Waals surface area (Å²) in [7, 11) is 0. The predicted molar refractivity (Wildman–Crippen MR) is 121 cm³/mol. The third-order valence-corrected chi connectivity index (χ3v) is 5.80. The number of piperazine rings is 1. The molecule has 31 heavy (non-hydrogen) atoms. The van der Waals surface area contributed by atoms with Crippen LogP contribution in [-0.2, 0) is 16.1 Å². The molecular weight excluding hydrogens is 439 g/mol. The Morgan fingerprint density at radius 3 is 2.45 bits per heavy atom. The molecule has 2 aliphatic heterocycles. The van der Waals surface area contributed by atoms with Crippen LogP contribution in [0.2, 0.25) is 5.02 Å². The molecule has 0 atom stereocenters. The van der Waals surface area contributed by atoms with E-state index in [4.69, 9.17) is 23.8 Å². The van der Waals surface area contributed by atoms with Crippen molar-refractivity contribution in [3.8, 4) is 0 Å². The van der Waals surface area contributed by atoms with Crippen LogP contribution in [0.15, 0.2) is 60.3 Å². The van der Waals surface area contributed by atoms with E-state index >= 15 is 0 Å². The van der Waals surface area contributed by atoms with Gasteiger partial charge >= 0.3 is 0 Å². The molecule has 0 bridgehead atoms. The van der Waals surface area contributed by atoms with Gasteiger partial charge in [0, 0.05) is 38.9 Å². The minimum atomic E-state index is -0.603. The number of hydrogen-bond donors (Lipinski definition) is 1. The summed E-state index contributed by atoms with van der Waals surface area (Å²) in [6, 6.07) is 14.1. The first-order valence-corrected chi connectivity index (χ1v) is 10.6. The smallest absolute Gasteiger partial charge is 0.271 e. The molecule has 6 nitrogen and oxygen atoms in total. The van der Waals surface area contributed by atoms with Gasteiger partial charge in [-0.2, -0.15) is 0 Å². The number of halogens is 2. The summed E-state index contributed by atoms with van der Waals surface area (Å²) >= 11 is 11.0. The van der Waals surface area contributed by atoms with Gasteiger partial charge in [-0.25, -0.2) is 4.39 Å². The Balaban J connectivity index is 1.46. The van der Waals surface area contributed by atoms with Crippen molar-refractivity contribution in [3.63, 3.8) is 0 Å². The monoisotopic (exact) mass is 458 g/mol. The van der Waals surface area contributed by atoms with Crippen LogP contribution in [0, 0.1) is 5.82 Å². The highest BCUT2D eigenvalue weighted by atomic mass is 35.5. The molecule has 0 spiro atoms. The van der Waals surface area contributed by atoms with Crippen LogP contribution < -0.4 is 10.2 Å². The van der Waals surface area contributed by atoms with Crippen LogP contribution in [0.25, 0.3) is 0 Å². The normalized spacial score (nSPS) is 19.2. The van der Waals surface area contributed by atoms with Crippen molar-refractivity contribution < 1.29 is 14.0 Å². The molecular formula is C22H20ClFN4O2S. The number of thiocarbonyl (C=S) groups is 1. The molecule has 2 fully saturated rings. The molecule has 9 heteroatoms. The van der Waals surface area contributed by atoms with Crippen molar-refractivity contribution >= 4 is 46.4 Å². The Bertz CT molecular complexity index is 1050. The Hall–Kier alpha value is -2.81. The summed E-state index contributed by atoms with van der Waals surface area (Å²) in [6.45, 7) is 3.85. The first-order valence-electron chi connectivity index (χ1n) is 9.79. The fourth-order valence-electron chi connectivity index (χ4n) is 3.58. The average molecular weight is 459 g/mol. The van der Waals surface area contributed by atoms with E-state index in [-0.39, 0.29) is 15.7 Å². The van der Waals surface area contributed by atoms with Gasteiger partial charge in [0.15, 0.2) is 5.11 Å². The standard InChI is InChI=1S/C22H20ClFN4O2S/c23-18-12-16(6-7-19(18)24)28-21(30)17(20(29)25-22(28)31)14-27-10-8-26(9-11-27)13-15-4-2-1-3-5-15/h1-7,12,14H,8-11,13H2,(H,25,29,31)/b17-14-. The van der Waals surface area contributed by atoms with Crippen molar-refractivity contribution in [1.29, 1.82) is 0 Å². The van der Waals surface area contributed by atoms with Gasteiger partial charge in [0.05, 0.1) is 10.7 Å². The third kappa shape index (κ3) is 4.76. The number of benzene rings is 2. The molecule has 2 heterocycles. The van der Waals surface area contributed by atoms with E-state index in [1.807, 2.05) is 23.1 Å². The van der Waals surface area contributed by atoms with Crippen molar-refractivity contribution in [2.75, 3.05) is 31.1 Å². The zero-order valence-corrected chi connectivity index (χ0v) is 18.1. The van der Waals surface area contributed by atoms with Crippen LogP contribution in [0.5, 0.6) is 0 Å². The molecule has 2 aromatic carbocycles. The molecule has 0 aromatic heterocycles.